The van der Waals surface area contributed by atoms with E-state index >= 15 is 0 Å². The monoisotopic (exact) mass is 364 g/mol. The van der Waals surface area contributed by atoms with Crippen molar-refractivity contribution in [1.29, 1.82) is 0 Å². The van der Waals surface area contributed by atoms with Crippen molar-refractivity contribution >= 4 is 10.2 Å². The lowest BCUT2D eigenvalue weighted by atomic mass is 10.00. The van der Waals surface area contributed by atoms with Gasteiger partial charge in [-0.15, -0.1) is 0 Å². The van der Waals surface area contributed by atoms with Crippen LogP contribution < -0.4 is 0 Å². The zero-order valence-electron chi connectivity index (χ0n) is 14.8. The molecule has 9 heteroatoms. The molecular weight excluding hydrogens is 340 g/mol. The number of aromatic nitrogens is 4. The fraction of sp³-hybridized carbons (Fsp3) is 0.562. The Morgan fingerprint density at radius 3 is 2.72 bits per heavy atom. The van der Waals surface area contributed by atoms with Crippen LogP contribution in [0.5, 0.6) is 0 Å². The largest absolute Gasteiger partial charge is 0.281 e. The molecule has 2 aromatic heterocycles. The molecule has 2 aromatic rings. The Balaban J connectivity index is 1.76. The minimum absolute atomic E-state index is 0.242. The normalized spacial score (nSPS) is 19.0. The van der Waals surface area contributed by atoms with Crippen molar-refractivity contribution in [2.24, 2.45) is 5.92 Å². The van der Waals surface area contributed by atoms with Crippen LogP contribution in [0.1, 0.15) is 19.0 Å². The van der Waals surface area contributed by atoms with Crippen molar-refractivity contribution in [3.63, 3.8) is 0 Å². The maximum absolute atomic E-state index is 12.3. The van der Waals surface area contributed by atoms with Crippen LogP contribution in [0.15, 0.2) is 24.8 Å². The molecule has 1 atom stereocenters. The van der Waals surface area contributed by atoms with Gasteiger partial charge in [0.05, 0.1) is 17.6 Å². The first-order valence-corrected chi connectivity index (χ1v) is 9.81. The maximum Gasteiger partial charge on any atom is 0.281 e. The van der Waals surface area contributed by atoms with Gasteiger partial charge in [-0.3, -0.25) is 14.6 Å². The molecule has 8 nitrogen and oxygen atoms in total. The second-order valence-corrected chi connectivity index (χ2v) is 8.59. The Morgan fingerprint density at radius 1 is 1.28 bits per heavy atom. The lowest BCUT2D eigenvalue weighted by molar-refractivity contribution is 0.409. The van der Waals surface area contributed by atoms with Crippen molar-refractivity contribution in [2.45, 2.75) is 26.3 Å². The zero-order valence-corrected chi connectivity index (χ0v) is 15.6. The Bertz CT molecular complexity index is 833. The summed E-state index contributed by atoms with van der Waals surface area (Å²) < 4.78 is 29.2. The SMILES string of the molecule is CCn1cc(-c2nccnc2C[C@H]2CCN(S(=O)(=O)N(C)C)C2)cn1. The fourth-order valence-electron chi connectivity index (χ4n) is 3.09. The summed E-state index contributed by atoms with van der Waals surface area (Å²) in [5, 5.41) is 4.30. The molecule has 0 radical (unpaired) electrons. The summed E-state index contributed by atoms with van der Waals surface area (Å²) in [5.74, 6) is 0.242. The second kappa shape index (κ2) is 7.19. The molecule has 0 saturated carbocycles. The van der Waals surface area contributed by atoms with Gasteiger partial charge < -0.3 is 0 Å². The highest BCUT2D eigenvalue weighted by Crippen LogP contribution is 2.27. The summed E-state index contributed by atoms with van der Waals surface area (Å²) in [4.78, 5) is 8.98. The van der Waals surface area contributed by atoms with Crippen LogP contribution in [-0.4, -0.2) is 64.0 Å². The van der Waals surface area contributed by atoms with Gasteiger partial charge in [0.2, 0.25) is 0 Å². The molecule has 0 spiro atoms. The van der Waals surface area contributed by atoms with Crippen LogP contribution >= 0.6 is 0 Å². The van der Waals surface area contributed by atoms with Gasteiger partial charge in [0.15, 0.2) is 0 Å². The van der Waals surface area contributed by atoms with Crippen molar-refractivity contribution in [1.82, 2.24) is 28.4 Å². The summed E-state index contributed by atoms with van der Waals surface area (Å²) >= 11 is 0. The Hall–Kier alpha value is -1.84. The van der Waals surface area contributed by atoms with E-state index in [0.29, 0.717) is 19.5 Å². The molecule has 3 heterocycles. The van der Waals surface area contributed by atoms with Crippen LogP contribution in [0.3, 0.4) is 0 Å². The number of rotatable bonds is 6. The van der Waals surface area contributed by atoms with Crippen LogP contribution in [0.2, 0.25) is 0 Å². The highest BCUT2D eigenvalue weighted by Gasteiger charge is 2.33. The highest BCUT2D eigenvalue weighted by atomic mass is 32.2. The number of hydrogen-bond donors (Lipinski definition) is 0. The summed E-state index contributed by atoms with van der Waals surface area (Å²) in [7, 11) is -0.218. The van der Waals surface area contributed by atoms with E-state index in [1.54, 1.807) is 37.0 Å². The predicted octanol–water partition coefficient (Wildman–Crippen LogP) is 1.03. The minimum atomic E-state index is -3.35. The standard InChI is InChI=1S/C16H24N6O2S/c1-4-21-12-14(10-19-21)16-15(17-6-7-18-16)9-13-5-8-22(11-13)25(23,24)20(2)3/h6-7,10,12-13H,4-5,8-9,11H2,1-3H3/t13-/m1/s1. The summed E-state index contributed by atoms with van der Waals surface area (Å²) in [6, 6.07) is 0. The average Bonchev–Trinajstić information content (AvgIpc) is 3.24. The van der Waals surface area contributed by atoms with E-state index in [4.69, 9.17) is 0 Å². The topological polar surface area (TPSA) is 84.2 Å². The molecular formula is C16H24N6O2S. The van der Waals surface area contributed by atoms with Gasteiger partial charge in [-0.2, -0.15) is 22.1 Å². The van der Waals surface area contributed by atoms with Crippen molar-refractivity contribution in [2.75, 3.05) is 27.2 Å². The molecule has 1 fully saturated rings. The molecule has 1 aliphatic heterocycles. The molecule has 0 bridgehead atoms. The van der Waals surface area contributed by atoms with Gasteiger partial charge in [0.1, 0.15) is 0 Å². The molecule has 0 aromatic carbocycles. The zero-order chi connectivity index (χ0) is 18.0. The lowest BCUT2D eigenvalue weighted by Crippen LogP contribution is -2.38. The molecule has 0 amide bonds. The molecule has 1 aliphatic rings. The van der Waals surface area contributed by atoms with Crippen LogP contribution in [-0.2, 0) is 23.2 Å². The van der Waals surface area contributed by atoms with E-state index in [1.165, 1.54) is 4.31 Å². The van der Waals surface area contributed by atoms with E-state index in [1.807, 2.05) is 17.8 Å². The Labute approximate surface area is 148 Å². The van der Waals surface area contributed by atoms with Crippen LogP contribution in [0, 0.1) is 5.92 Å². The maximum atomic E-state index is 12.3. The van der Waals surface area contributed by atoms with Gasteiger partial charge in [0.25, 0.3) is 10.2 Å². The molecule has 25 heavy (non-hydrogen) atoms. The first-order valence-electron chi connectivity index (χ1n) is 8.42. The third-order valence-electron chi connectivity index (χ3n) is 4.52. The molecule has 0 unspecified atom stereocenters. The first-order chi connectivity index (χ1) is 11.9. The van der Waals surface area contributed by atoms with E-state index in [-0.39, 0.29) is 5.92 Å². The van der Waals surface area contributed by atoms with Gasteiger partial charge in [0, 0.05) is 57.9 Å². The van der Waals surface area contributed by atoms with Gasteiger partial charge in [-0.1, -0.05) is 0 Å². The van der Waals surface area contributed by atoms with E-state index < -0.39 is 10.2 Å². The molecule has 0 N–H and O–H groups in total. The number of hydrogen-bond acceptors (Lipinski definition) is 5. The van der Waals surface area contributed by atoms with Gasteiger partial charge in [-0.05, 0) is 25.7 Å². The van der Waals surface area contributed by atoms with Crippen molar-refractivity contribution < 1.29 is 8.42 Å². The molecule has 136 valence electrons. The molecule has 3 rings (SSSR count). The lowest BCUT2D eigenvalue weighted by Gasteiger charge is -2.20. The second-order valence-electron chi connectivity index (χ2n) is 6.44. The van der Waals surface area contributed by atoms with Gasteiger partial charge >= 0.3 is 0 Å². The number of nitrogens with zero attached hydrogens (tertiary/aromatic N) is 6. The average molecular weight is 364 g/mol. The van der Waals surface area contributed by atoms with Crippen molar-refractivity contribution in [3.8, 4) is 11.3 Å². The van der Waals surface area contributed by atoms with E-state index in [0.717, 1.165) is 29.9 Å². The van der Waals surface area contributed by atoms with E-state index in [2.05, 4.69) is 15.1 Å². The number of aryl methyl sites for hydroxylation is 1. The first kappa shape index (κ1) is 18.0. The van der Waals surface area contributed by atoms with Crippen LogP contribution in [0.4, 0.5) is 0 Å². The predicted molar refractivity (Wildman–Crippen MR) is 94.9 cm³/mol. The third-order valence-corrected chi connectivity index (χ3v) is 6.43. The summed E-state index contributed by atoms with van der Waals surface area (Å²) in [5.41, 5.74) is 2.67. The Kier molecular flexibility index (Phi) is 5.16. The van der Waals surface area contributed by atoms with Gasteiger partial charge in [-0.25, -0.2) is 0 Å². The highest BCUT2D eigenvalue weighted by molar-refractivity contribution is 7.86. The third kappa shape index (κ3) is 3.73. The molecule has 0 aliphatic carbocycles. The molecule has 1 saturated heterocycles. The minimum Gasteiger partial charge on any atom is -0.272 e. The van der Waals surface area contributed by atoms with Crippen LogP contribution in [0.25, 0.3) is 11.3 Å². The summed E-state index contributed by atoms with van der Waals surface area (Å²) in [6.07, 6.45) is 8.67. The Morgan fingerprint density at radius 2 is 2.04 bits per heavy atom. The summed E-state index contributed by atoms with van der Waals surface area (Å²) in [6.45, 7) is 3.90. The smallest absolute Gasteiger partial charge is 0.272 e. The quantitative estimate of drug-likeness (QED) is 0.764. The van der Waals surface area contributed by atoms with E-state index in [9.17, 15) is 8.42 Å². The van der Waals surface area contributed by atoms with Crippen molar-refractivity contribution in [3.05, 3.63) is 30.5 Å². The fourth-order valence-corrected chi connectivity index (χ4v) is 4.29.